The average Bonchev–Trinajstić information content (AvgIpc) is 2.17. The molecule has 0 aliphatic carbocycles. The van der Waals surface area contributed by atoms with Gasteiger partial charge in [-0.25, -0.2) is 0 Å². The summed E-state index contributed by atoms with van der Waals surface area (Å²) in [5.41, 5.74) is 0. The smallest absolute Gasteiger partial charge is 0.320 e. The molecule has 0 rings (SSSR count). The van der Waals surface area contributed by atoms with Crippen molar-refractivity contribution in [3.05, 3.63) is 12.2 Å². The molecule has 0 spiro atoms. The standard InChI is InChI=1S/C9H14O4/c1-4-5-6-7(8(10)12-2)9(11)13-3/h4-5,7H,6H2,1-3H3/b5-4+. The molecule has 0 heterocycles. The van der Waals surface area contributed by atoms with Gasteiger partial charge in [0.1, 0.15) is 0 Å². The maximum atomic E-state index is 11.1. The number of ether oxygens (including phenoxy) is 2. The molecule has 0 amide bonds. The minimum absolute atomic E-state index is 0.315. The fourth-order valence-corrected chi connectivity index (χ4v) is 0.845. The molecule has 4 heteroatoms. The normalized spacial score (nSPS) is 10.5. The average molecular weight is 186 g/mol. The van der Waals surface area contributed by atoms with Crippen LogP contribution in [0.25, 0.3) is 0 Å². The molecule has 0 unspecified atom stereocenters. The SMILES string of the molecule is C/C=C/CC(C(=O)OC)C(=O)OC. The monoisotopic (exact) mass is 186 g/mol. The maximum absolute atomic E-state index is 11.1. The lowest BCUT2D eigenvalue weighted by molar-refractivity contribution is -0.158. The number of carbonyl (C=O) groups excluding carboxylic acids is 2. The topological polar surface area (TPSA) is 52.6 Å². The Hall–Kier alpha value is -1.32. The minimum Gasteiger partial charge on any atom is -0.468 e. The van der Waals surface area contributed by atoms with Crippen LogP contribution in [0.5, 0.6) is 0 Å². The molecular formula is C9H14O4. The van der Waals surface area contributed by atoms with Gasteiger partial charge in [0.25, 0.3) is 0 Å². The van der Waals surface area contributed by atoms with Crippen LogP contribution in [0.4, 0.5) is 0 Å². The van der Waals surface area contributed by atoms with E-state index >= 15 is 0 Å². The first-order chi connectivity index (χ1) is 6.17. The van der Waals surface area contributed by atoms with E-state index in [0.29, 0.717) is 6.42 Å². The third-order valence-electron chi connectivity index (χ3n) is 1.58. The van der Waals surface area contributed by atoms with Gasteiger partial charge in [0.2, 0.25) is 0 Å². The fourth-order valence-electron chi connectivity index (χ4n) is 0.845. The van der Waals surface area contributed by atoms with E-state index in [1.807, 2.05) is 6.92 Å². The van der Waals surface area contributed by atoms with Gasteiger partial charge in [-0.05, 0) is 13.3 Å². The maximum Gasteiger partial charge on any atom is 0.320 e. The van der Waals surface area contributed by atoms with Gasteiger partial charge in [0.05, 0.1) is 14.2 Å². The Morgan fingerprint density at radius 2 is 1.69 bits per heavy atom. The summed E-state index contributed by atoms with van der Waals surface area (Å²) in [5, 5.41) is 0. The highest BCUT2D eigenvalue weighted by Crippen LogP contribution is 2.08. The van der Waals surface area contributed by atoms with Crippen LogP contribution in [0.3, 0.4) is 0 Å². The summed E-state index contributed by atoms with van der Waals surface area (Å²) >= 11 is 0. The molecule has 0 radical (unpaired) electrons. The molecule has 0 atom stereocenters. The summed E-state index contributed by atoms with van der Waals surface area (Å²) in [7, 11) is 2.49. The van der Waals surface area contributed by atoms with E-state index in [2.05, 4.69) is 9.47 Å². The lowest BCUT2D eigenvalue weighted by atomic mass is 10.1. The largest absolute Gasteiger partial charge is 0.468 e. The van der Waals surface area contributed by atoms with Crippen LogP contribution in [0.2, 0.25) is 0 Å². The van der Waals surface area contributed by atoms with Gasteiger partial charge in [0, 0.05) is 0 Å². The molecule has 0 saturated heterocycles. The van der Waals surface area contributed by atoms with Crippen molar-refractivity contribution in [2.45, 2.75) is 13.3 Å². The van der Waals surface area contributed by atoms with Gasteiger partial charge in [-0.1, -0.05) is 12.2 Å². The first-order valence-electron chi connectivity index (χ1n) is 3.94. The van der Waals surface area contributed by atoms with Crippen LogP contribution >= 0.6 is 0 Å². The van der Waals surface area contributed by atoms with Gasteiger partial charge in [-0.15, -0.1) is 0 Å². The molecule has 0 bridgehead atoms. The predicted molar refractivity (Wildman–Crippen MR) is 47.0 cm³/mol. The highest BCUT2D eigenvalue weighted by atomic mass is 16.5. The number of carbonyl (C=O) groups is 2. The molecule has 74 valence electrons. The fraction of sp³-hybridized carbons (Fsp3) is 0.556. The first kappa shape index (κ1) is 11.7. The van der Waals surface area contributed by atoms with Crippen molar-refractivity contribution in [1.29, 1.82) is 0 Å². The predicted octanol–water partition coefficient (Wildman–Crippen LogP) is 0.915. The molecule has 0 aromatic heterocycles. The highest BCUT2D eigenvalue weighted by Gasteiger charge is 2.26. The molecule has 0 saturated carbocycles. The summed E-state index contributed by atoms with van der Waals surface area (Å²) in [6, 6.07) is 0. The van der Waals surface area contributed by atoms with Crippen LogP contribution in [0, 0.1) is 5.92 Å². The van der Waals surface area contributed by atoms with E-state index in [1.54, 1.807) is 12.2 Å². The van der Waals surface area contributed by atoms with Crippen molar-refractivity contribution in [2.75, 3.05) is 14.2 Å². The zero-order valence-corrected chi connectivity index (χ0v) is 8.07. The molecule has 0 aliphatic rings. The van der Waals surface area contributed by atoms with E-state index in [-0.39, 0.29) is 0 Å². The zero-order chi connectivity index (χ0) is 10.3. The van der Waals surface area contributed by atoms with Crippen molar-refractivity contribution in [3.63, 3.8) is 0 Å². The summed E-state index contributed by atoms with van der Waals surface area (Å²) in [6.07, 6.45) is 3.80. The van der Waals surface area contributed by atoms with Gasteiger partial charge >= 0.3 is 11.9 Å². The minimum atomic E-state index is -0.841. The van der Waals surface area contributed by atoms with Gasteiger partial charge in [0.15, 0.2) is 5.92 Å². The van der Waals surface area contributed by atoms with E-state index in [9.17, 15) is 9.59 Å². The molecule has 0 fully saturated rings. The zero-order valence-electron chi connectivity index (χ0n) is 8.07. The Labute approximate surface area is 77.5 Å². The van der Waals surface area contributed by atoms with Crippen molar-refractivity contribution in [3.8, 4) is 0 Å². The molecular weight excluding hydrogens is 172 g/mol. The second-order valence-corrected chi connectivity index (χ2v) is 2.40. The number of esters is 2. The van der Waals surface area contributed by atoms with Gasteiger partial charge in [-0.2, -0.15) is 0 Å². The quantitative estimate of drug-likeness (QED) is 0.372. The lowest BCUT2D eigenvalue weighted by Crippen LogP contribution is -2.25. The number of methoxy groups -OCH3 is 2. The van der Waals surface area contributed by atoms with Crippen LogP contribution in [-0.2, 0) is 19.1 Å². The van der Waals surface area contributed by atoms with E-state index < -0.39 is 17.9 Å². The number of hydrogen-bond donors (Lipinski definition) is 0. The summed E-state index contributed by atoms with van der Waals surface area (Å²) < 4.78 is 8.92. The van der Waals surface area contributed by atoms with Crippen LogP contribution < -0.4 is 0 Å². The lowest BCUT2D eigenvalue weighted by Gasteiger charge is -2.09. The van der Waals surface area contributed by atoms with Crippen LogP contribution in [0.15, 0.2) is 12.2 Å². The van der Waals surface area contributed by atoms with Crippen LogP contribution in [0.1, 0.15) is 13.3 Å². The Bertz CT molecular complexity index is 192. The second kappa shape index (κ2) is 6.22. The van der Waals surface area contributed by atoms with Crippen molar-refractivity contribution in [1.82, 2.24) is 0 Å². The van der Waals surface area contributed by atoms with E-state index in [0.717, 1.165) is 0 Å². The highest BCUT2D eigenvalue weighted by molar-refractivity contribution is 5.94. The third-order valence-corrected chi connectivity index (χ3v) is 1.58. The third kappa shape index (κ3) is 3.73. The Morgan fingerprint density at radius 1 is 1.23 bits per heavy atom. The molecule has 13 heavy (non-hydrogen) atoms. The number of hydrogen-bond acceptors (Lipinski definition) is 4. The van der Waals surface area contributed by atoms with Crippen molar-refractivity contribution < 1.29 is 19.1 Å². The summed E-state index contributed by atoms with van der Waals surface area (Å²) in [6.45, 7) is 1.81. The molecule has 0 N–H and O–H groups in total. The van der Waals surface area contributed by atoms with Crippen molar-refractivity contribution >= 4 is 11.9 Å². The van der Waals surface area contributed by atoms with E-state index in [4.69, 9.17) is 0 Å². The first-order valence-corrected chi connectivity index (χ1v) is 3.94. The Kier molecular flexibility index (Phi) is 5.59. The van der Waals surface area contributed by atoms with Gasteiger partial charge < -0.3 is 9.47 Å². The van der Waals surface area contributed by atoms with Crippen molar-refractivity contribution in [2.24, 2.45) is 5.92 Å². The molecule has 0 aliphatic heterocycles. The Balaban J connectivity index is 4.35. The Morgan fingerprint density at radius 3 is 2.00 bits per heavy atom. The molecule has 0 aromatic carbocycles. The second-order valence-electron chi connectivity index (χ2n) is 2.40. The molecule has 0 aromatic rings. The van der Waals surface area contributed by atoms with Crippen LogP contribution in [-0.4, -0.2) is 26.2 Å². The number of allylic oxidation sites excluding steroid dienone is 2. The van der Waals surface area contributed by atoms with E-state index in [1.165, 1.54) is 14.2 Å². The summed E-state index contributed by atoms with van der Waals surface area (Å²) in [4.78, 5) is 22.1. The number of rotatable bonds is 4. The van der Waals surface area contributed by atoms with Gasteiger partial charge in [-0.3, -0.25) is 9.59 Å². The summed E-state index contributed by atoms with van der Waals surface area (Å²) in [5.74, 6) is -1.97. The molecule has 4 nitrogen and oxygen atoms in total.